The molecule has 1 heterocycles. The van der Waals surface area contributed by atoms with Gasteiger partial charge in [-0.3, -0.25) is 4.68 Å². The van der Waals surface area contributed by atoms with Crippen LogP contribution >= 0.6 is 0 Å². The minimum atomic E-state index is -4.12. The van der Waals surface area contributed by atoms with Crippen LogP contribution < -0.4 is 5.73 Å². The van der Waals surface area contributed by atoms with Crippen LogP contribution in [-0.4, -0.2) is 34.3 Å². The first-order chi connectivity index (χ1) is 11.3. The number of rotatable bonds is 5. The van der Waals surface area contributed by atoms with Gasteiger partial charge >= 0.3 is 6.18 Å². The second-order valence-corrected chi connectivity index (χ2v) is 6.90. The van der Waals surface area contributed by atoms with Crippen molar-refractivity contribution in [2.45, 2.75) is 44.3 Å². The first-order valence-electron chi connectivity index (χ1n) is 8.36. The standard InChI is InChI=1S/C16H23F3N4O/c1-23-7-6-14(21-23)15(10-2-4-12(20)5-3-10)22-24-9-11-8-13(11)16(17,18)19/h6-7,10-13H,2-5,8-9,20H2,1H3/b22-15-. The predicted octanol–water partition coefficient (Wildman–Crippen LogP) is 2.86. The Morgan fingerprint density at radius 3 is 2.62 bits per heavy atom. The van der Waals surface area contributed by atoms with Gasteiger partial charge in [0.15, 0.2) is 0 Å². The molecule has 1 aromatic heterocycles. The molecule has 134 valence electrons. The van der Waals surface area contributed by atoms with E-state index in [1.807, 2.05) is 19.3 Å². The Morgan fingerprint density at radius 2 is 2.08 bits per heavy atom. The Bertz CT molecular complexity index is 590. The lowest BCUT2D eigenvalue weighted by Gasteiger charge is -2.26. The Morgan fingerprint density at radius 1 is 1.38 bits per heavy atom. The second kappa shape index (κ2) is 6.74. The first-order valence-corrected chi connectivity index (χ1v) is 8.36. The summed E-state index contributed by atoms with van der Waals surface area (Å²) in [4.78, 5) is 5.30. The van der Waals surface area contributed by atoms with Crippen molar-refractivity contribution in [3.05, 3.63) is 18.0 Å². The summed E-state index contributed by atoms with van der Waals surface area (Å²) in [6.45, 7) is 0.00669. The Labute approximate surface area is 139 Å². The van der Waals surface area contributed by atoms with E-state index in [0.29, 0.717) is 0 Å². The zero-order chi connectivity index (χ0) is 17.3. The average Bonchev–Trinajstić information content (AvgIpc) is 3.19. The van der Waals surface area contributed by atoms with Gasteiger partial charge in [0.05, 0.1) is 5.92 Å². The molecule has 24 heavy (non-hydrogen) atoms. The Hall–Kier alpha value is -1.57. The van der Waals surface area contributed by atoms with Crippen LogP contribution in [0.25, 0.3) is 0 Å². The Kier molecular flexibility index (Phi) is 4.85. The zero-order valence-corrected chi connectivity index (χ0v) is 13.7. The fourth-order valence-electron chi connectivity index (χ4n) is 3.31. The first kappa shape index (κ1) is 17.3. The highest BCUT2D eigenvalue weighted by atomic mass is 19.4. The van der Waals surface area contributed by atoms with Gasteiger partial charge in [-0.15, -0.1) is 0 Å². The highest BCUT2D eigenvalue weighted by Crippen LogP contribution is 2.50. The monoisotopic (exact) mass is 344 g/mol. The number of nitrogens with two attached hydrogens (primary N) is 1. The zero-order valence-electron chi connectivity index (χ0n) is 13.7. The molecule has 8 heteroatoms. The molecule has 2 aliphatic rings. The van der Waals surface area contributed by atoms with E-state index in [1.54, 1.807) is 4.68 Å². The highest BCUT2D eigenvalue weighted by molar-refractivity contribution is 6.00. The summed E-state index contributed by atoms with van der Waals surface area (Å²) < 4.78 is 39.3. The van der Waals surface area contributed by atoms with E-state index in [1.165, 1.54) is 0 Å². The molecular formula is C16H23F3N4O. The van der Waals surface area contributed by atoms with Gasteiger partial charge in [0.1, 0.15) is 18.0 Å². The largest absolute Gasteiger partial charge is 0.395 e. The van der Waals surface area contributed by atoms with E-state index in [-0.39, 0.29) is 25.0 Å². The van der Waals surface area contributed by atoms with Gasteiger partial charge in [-0.25, -0.2) is 0 Å². The van der Waals surface area contributed by atoms with Gasteiger partial charge < -0.3 is 10.6 Å². The molecule has 2 fully saturated rings. The van der Waals surface area contributed by atoms with E-state index in [0.717, 1.165) is 37.1 Å². The molecule has 2 unspecified atom stereocenters. The van der Waals surface area contributed by atoms with Crippen LogP contribution in [0.15, 0.2) is 17.4 Å². The third-order valence-corrected chi connectivity index (χ3v) is 4.93. The number of aromatic nitrogens is 2. The van der Waals surface area contributed by atoms with Crippen molar-refractivity contribution in [2.75, 3.05) is 6.61 Å². The third kappa shape index (κ3) is 4.09. The van der Waals surface area contributed by atoms with Crippen molar-refractivity contribution >= 4 is 5.71 Å². The number of nitrogens with zero attached hydrogens (tertiary/aromatic N) is 3. The van der Waals surface area contributed by atoms with E-state index >= 15 is 0 Å². The summed E-state index contributed by atoms with van der Waals surface area (Å²) in [5.74, 6) is -1.52. The second-order valence-electron chi connectivity index (χ2n) is 6.90. The van der Waals surface area contributed by atoms with Crippen LogP contribution in [0.3, 0.4) is 0 Å². The van der Waals surface area contributed by atoms with Crippen molar-refractivity contribution in [1.29, 1.82) is 0 Å². The molecule has 0 radical (unpaired) electrons. The summed E-state index contributed by atoms with van der Waals surface area (Å²) in [6, 6.07) is 2.07. The van der Waals surface area contributed by atoms with Gasteiger partial charge in [0, 0.05) is 31.1 Å². The van der Waals surface area contributed by atoms with Gasteiger partial charge in [0.2, 0.25) is 0 Å². The van der Waals surface area contributed by atoms with Crippen LogP contribution in [0.4, 0.5) is 13.2 Å². The van der Waals surface area contributed by atoms with Gasteiger partial charge in [-0.05, 0) is 38.2 Å². The predicted molar refractivity (Wildman–Crippen MR) is 83.3 cm³/mol. The van der Waals surface area contributed by atoms with Gasteiger partial charge in [0.25, 0.3) is 0 Å². The number of hydrogen-bond donors (Lipinski definition) is 1. The lowest BCUT2D eigenvalue weighted by molar-refractivity contribution is -0.152. The molecule has 0 spiro atoms. The lowest BCUT2D eigenvalue weighted by Crippen LogP contribution is -2.30. The molecule has 5 nitrogen and oxygen atoms in total. The number of aryl methyl sites for hydroxylation is 1. The molecule has 1 aromatic rings. The molecular weight excluding hydrogens is 321 g/mol. The third-order valence-electron chi connectivity index (χ3n) is 4.93. The van der Waals surface area contributed by atoms with E-state index in [9.17, 15) is 13.2 Å². The van der Waals surface area contributed by atoms with Crippen molar-refractivity contribution in [3.8, 4) is 0 Å². The average molecular weight is 344 g/mol. The molecule has 2 aliphatic carbocycles. The van der Waals surface area contributed by atoms with Crippen molar-refractivity contribution < 1.29 is 18.0 Å². The molecule has 0 amide bonds. The van der Waals surface area contributed by atoms with Crippen molar-refractivity contribution in [3.63, 3.8) is 0 Å². The number of oxime groups is 1. The minimum absolute atomic E-state index is 0.00669. The topological polar surface area (TPSA) is 65.4 Å². The number of alkyl halides is 3. The number of halogens is 3. The highest BCUT2D eigenvalue weighted by Gasteiger charge is 2.56. The lowest BCUT2D eigenvalue weighted by atomic mass is 9.82. The van der Waals surface area contributed by atoms with E-state index < -0.39 is 18.0 Å². The van der Waals surface area contributed by atoms with Crippen LogP contribution in [0.1, 0.15) is 37.8 Å². The van der Waals surface area contributed by atoms with Crippen LogP contribution in [0, 0.1) is 17.8 Å². The van der Waals surface area contributed by atoms with Crippen molar-refractivity contribution in [2.24, 2.45) is 35.7 Å². The normalized spacial score (nSPS) is 31.1. The summed E-state index contributed by atoms with van der Waals surface area (Å²) in [5, 5.41) is 8.55. The molecule has 2 saturated carbocycles. The molecule has 0 bridgehead atoms. The molecule has 3 rings (SSSR count). The van der Waals surface area contributed by atoms with Crippen LogP contribution in [0.5, 0.6) is 0 Å². The molecule has 0 aliphatic heterocycles. The van der Waals surface area contributed by atoms with Crippen LogP contribution in [0.2, 0.25) is 0 Å². The fourth-order valence-corrected chi connectivity index (χ4v) is 3.31. The van der Waals surface area contributed by atoms with Gasteiger partial charge in [-0.1, -0.05) is 5.16 Å². The summed E-state index contributed by atoms with van der Waals surface area (Å²) >= 11 is 0. The van der Waals surface area contributed by atoms with E-state index in [4.69, 9.17) is 10.6 Å². The maximum Gasteiger partial charge on any atom is 0.392 e. The van der Waals surface area contributed by atoms with Crippen LogP contribution in [-0.2, 0) is 11.9 Å². The maximum absolute atomic E-state index is 12.6. The Balaban J connectivity index is 1.64. The summed E-state index contributed by atoms with van der Waals surface area (Å²) in [6.07, 6.45) is 1.45. The smallest absolute Gasteiger partial charge is 0.392 e. The maximum atomic E-state index is 12.6. The van der Waals surface area contributed by atoms with Gasteiger partial charge in [-0.2, -0.15) is 18.3 Å². The SMILES string of the molecule is Cn1ccc(/C(=N\OCC2CC2C(F)(F)F)C2CCC(N)CC2)n1. The number of hydrogen-bond acceptors (Lipinski definition) is 4. The molecule has 0 aromatic carbocycles. The minimum Gasteiger partial charge on any atom is -0.395 e. The fraction of sp³-hybridized carbons (Fsp3) is 0.750. The van der Waals surface area contributed by atoms with Crippen molar-refractivity contribution in [1.82, 2.24) is 9.78 Å². The molecule has 2 atom stereocenters. The molecule has 2 N–H and O–H groups in total. The van der Waals surface area contributed by atoms with E-state index in [2.05, 4.69) is 10.3 Å². The quantitative estimate of drug-likeness (QED) is 0.660. The summed E-state index contributed by atoms with van der Waals surface area (Å²) in [5.41, 5.74) is 7.40. The summed E-state index contributed by atoms with van der Waals surface area (Å²) in [7, 11) is 1.82. The molecule has 0 saturated heterocycles.